The van der Waals surface area contributed by atoms with Crippen LogP contribution in [0.15, 0.2) is 30.3 Å². The van der Waals surface area contributed by atoms with Crippen molar-refractivity contribution in [1.82, 2.24) is 10.2 Å². The first kappa shape index (κ1) is 18.3. The molecule has 2 saturated heterocycles. The lowest BCUT2D eigenvalue weighted by atomic mass is 10.0. The molecular formula is C20H24N2O4S. The van der Waals surface area contributed by atoms with Gasteiger partial charge in [0.1, 0.15) is 10.9 Å². The van der Waals surface area contributed by atoms with E-state index in [4.69, 9.17) is 4.74 Å². The molecule has 0 unspecified atom stereocenters. The van der Waals surface area contributed by atoms with Crippen LogP contribution in [0.3, 0.4) is 0 Å². The normalized spacial score (nSPS) is 28.0. The van der Waals surface area contributed by atoms with Crippen LogP contribution in [0.5, 0.6) is 0 Å². The number of hydrogen-bond acceptors (Lipinski definition) is 5. The third kappa shape index (κ3) is 3.45. The molecule has 3 aliphatic rings. The fourth-order valence-electron chi connectivity index (χ4n) is 4.06. The summed E-state index contributed by atoms with van der Waals surface area (Å²) in [4.78, 5) is 38.4. The number of esters is 1. The quantitative estimate of drug-likeness (QED) is 0.755. The van der Waals surface area contributed by atoms with E-state index in [-0.39, 0.29) is 24.5 Å². The second-order valence-electron chi connectivity index (χ2n) is 7.54. The fourth-order valence-corrected chi connectivity index (χ4v) is 5.69. The first-order valence-corrected chi connectivity index (χ1v) is 10.5. The van der Waals surface area contributed by atoms with Crippen molar-refractivity contribution in [2.45, 2.75) is 49.6 Å². The predicted molar refractivity (Wildman–Crippen MR) is 102 cm³/mol. The molecule has 1 aromatic carbocycles. The van der Waals surface area contributed by atoms with Gasteiger partial charge in [0, 0.05) is 18.2 Å². The number of ether oxygens (including phenoxy) is 1. The molecule has 27 heavy (non-hydrogen) atoms. The average molecular weight is 388 g/mol. The molecule has 2 aliphatic heterocycles. The maximum atomic E-state index is 12.6. The van der Waals surface area contributed by atoms with Crippen molar-refractivity contribution in [2.24, 2.45) is 5.92 Å². The van der Waals surface area contributed by atoms with Gasteiger partial charge in [0.2, 0.25) is 5.91 Å². The van der Waals surface area contributed by atoms with E-state index in [1.807, 2.05) is 37.3 Å². The van der Waals surface area contributed by atoms with Gasteiger partial charge in [-0.1, -0.05) is 30.3 Å². The number of amides is 2. The van der Waals surface area contributed by atoms with Crippen LogP contribution < -0.4 is 5.32 Å². The molecule has 6 nitrogen and oxygen atoms in total. The molecule has 1 aromatic rings. The van der Waals surface area contributed by atoms with Gasteiger partial charge in [-0.15, -0.1) is 11.8 Å². The minimum absolute atomic E-state index is 0.0300. The predicted octanol–water partition coefficient (Wildman–Crippen LogP) is 2.04. The molecule has 7 heteroatoms. The molecule has 2 heterocycles. The summed E-state index contributed by atoms with van der Waals surface area (Å²) >= 11 is 1.61. The maximum absolute atomic E-state index is 12.6. The maximum Gasteiger partial charge on any atom is 0.330 e. The highest BCUT2D eigenvalue weighted by Gasteiger charge is 2.57. The topological polar surface area (TPSA) is 75.7 Å². The van der Waals surface area contributed by atoms with Crippen LogP contribution in [0, 0.1) is 5.92 Å². The zero-order valence-electron chi connectivity index (χ0n) is 15.3. The molecule has 1 aliphatic carbocycles. The Bertz CT molecular complexity index is 752. The Morgan fingerprint density at radius 2 is 2.07 bits per heavy atom. The SMILES string of the molecule is C[C@H](NC(=O)COC(=O)[C@@H]1CS[C@@]2(c3ccccc3)CCC(=O)N12)C1CC1. The summed E-state index contributed by atoms with van der Waals surface area (Å²) in [5, 5.41) is 2.87. The van der Waals surface area contributed by atoms with Gasteiger partial charge >= 0.3 is 5.97 Å². The van der Waals surface area contributed by atoms with Gasteiger partial charge in [-0.05, 0) is 37.7 Å². The summed E-state index contributed by atoms with van der Waals surface area (Å²) in [6, 6.07) is 9.31. The standard InChI is InChI=1S/C20H24N2O4S/c1-13(14-7-8-14)21-17(23)11-26-19(25)16-12-27-20(10-9-18(24)22(16)20)15-5-3-2-4-6-15/h2-6,13-14,16H,7-12H2,1H3,(H,21,23)/t13-,16-,20+/m0/s1. The van der Waals surface area contributed by atoms with Gasteiger partial charge < -0.3 is 15.0 Å². The van der Waals surface area contributed by atoms with Gasteiger partial charge in [-0.25, -0.2) is 4.79 Å². The Hall–Kier alpha value is -2.02. The fraction of sp³-hybridized carbons (Fsp3) is 0.550. The second kappa shape index (κ2) is 7.19. The largest absolute Gasteiger partial charge is 0.454 e. The zero-order valence-corrected chi connectivity index (χ0v) is 16.2. The van der Waals surface area contributed by atoms with E-state index in [0.29, 0.717) is 24.5 Å². The van der Waals surface area contributed by atoms with Crippen molar-refractivity contribution in [2.75, 3.05) is 12.4 Å². The van der Waals surface area contributed by atoms with E-state index in [2.05, 4.69) is 5.32 Å². The van der Waals surface area contributed by atoms with Gasteiger partial charge in [-0.2, -0.15) is 0 Å². The first-order chi connectivity index (χ1) is 13.0. The van der Waals surface area contributed by atoms with E-state index in [1.165, 1.54) is 0 Å². The Morgan fingerprint density at radius 1 is 1.33 bits per heavy atom. The highest BCUT2D eigenvalue weighted by atomic mass is 32.2. The number of nitrogens with one attached hydrogen (secondary N) is 1. The summed E-state index contributed by atoms with van der Waals surface area (Å²) < 4.78 is 5.27. The Balaban J connectivity index is 1.41. The summed E-state index contributed by atoms with van der Waals surface area (Å²) in [5.41, 5.74) is 1.03. The lowest BCUT2D eigenvalue weighted by Gasteiger charge is -2.33. The number of carbonyl (C=O) groups is 3. The molecule has 3 atom stereocenters. The Kier molecular flexibility index (Phi) is 4.88. The smallest absolute Gasteiger partial charge is 0.330 e. The molecule has 0 spiro atoms. The van der Waals surface area contributed by atoms with E-state index < -0.39 is 16.9 Å². The number of fused-ring (bicyclic) bond motifs is 1. The minimum atomic E-state index is -0.640. The van der Waals surface area contributed by atoms with Crippen LogP contribution in [0.25, 0.3) is 0 Å². The van der Waals surface area contributed by atoms with Crippen LogP contribution in [-0.4, -0.2) is 47.1 Å². The minimum Gasteiger partial charge on any atom is -0.454 e. The van der Waals surface area contributed by atoms with Crippen molar-refractivity contribution in [3.8, 4) is 0 Å². The third-order valence-corrected chi connectivity index (χ3v) is 7.28. The molecule has 1 saturated carbocycles. The van der Waals surface area contributed by atoms with Crippen LogP contribution in [0.2, 0.25) is 0 Å². The number of thioether (sulfide) groups is 1. The lowest BCUT2D eigenvalue weighted by Crippen LogP contribution is -2.47. The number of carbonyl (C=O) groups excluding carboxylic acids is 3. The molecular weight excluding hydrogens is 364 g/mol. The van der Waals surface area contributed by atoms with E-state index >= 15 is 0 Å². The summed E-state index contributed by atoms with van der Waals surface area (Å²) in [6.07, 6.45) is 3.38. The summed E-state index contributed by atoms with van der Waals surface area (Å²) in [5.74, 6) is 0.224. The molecule has 4 rings (SSSR count). The monoisotopic (exact) mass is 388 g/mol. The third-order valence-electron chi connectivity index (χ3n) is 5.69. The van der Waals surface area contributed by atoms with Crippen molar-refractivity contribution >= 4 is 29.5 Å². The van der Waals surface area contributed by atoms with Crippen molar-refractivity contribution in [3.05, 3.63) is 35.9 Å². The first-order valence-electron chi connectivity index (χ1n) is 9.49. The molecule has 0 radical (unpaired) electrons. The van der Waals surface area contributed by atoms with Crippen LogP contribution in [-0.2, 0) is 24.0 Å². The van der Waals surface area contributed by atoms with E-state index in [1.54, 1.807) is 16.7 Å². The number of nitrogens with zero attached hydrogens (tertiary/aromatic N) is 1. The van der Waals surface area contributed by atoms with Gasteiger partial charge in [-0.3, -0.25) is 9.59 Å². The highest BCUT2D eigenvalue weighted by Crippen LogP contribution is 2.54. The van der Waals surface area contributed by atoms with E-state index in [0.717, 1.165) is 18.4 Å². The van der Waals surface area contributed by atoms with Crippen molar-refractivity contribution in [1.29, 1.82) is 0 Å². The highest BCUT2D eigenvalue weighted by molar-refractivity contribution is 8.00. The Morgan fingerprint density at radius 3 is 2.78 bits per heavy atom. The molecule has 0 aromatic heterocycles. The average Bonchev–Trinajstić information content (AvgIpc) is 3.38. The Labute approximate surface area is 163 Å². The summed E-state index contributed by atoms with van der Waals surface area (Å²) in [6.45, 7) is 1.68. The van der Waals surface area contributed by atoms with Crippen LogP contribution in [0.1, 0.15) is 38.2 Å². The molecule has 2 amide bonds. The van der Waals surface area contributed by atoms with Crippen LogP contribution in [0.4, 0.5) is 0 Å². The van der Waals surface area contributed by atoms with E-state index in [9.17, 15) is 14.4 Å². The number of hydrogen-bond donors (Lipinski definition) is 1. The lowest BCUT2D eigenvalue weighted by molar-refractivity contribution is -0.156. The molecule has 144 valence electrons. The van der Waals surface area contributed by atoms with Gasteiger partial charge in [0.05, 0.1) is 0 Å². The molecule has 0 bridgehead atoms. The van der Waals surface area contributed by atoms with Gasteiger partial charge in [0.15, 0.2) is 6.61 Å². The molecule has 1 N–H and O–H groups in total. The number of benzene rings is 1. The summed E-state index contributed by atoms with van der Waals surface area (Å²) in [7, 11) is 0. The van der Waals surface area contributed by atoms with Crippen LogP contribution >= 0.6 is 11.8 Å². The molecule has 3 fully saturated rings. The number of rotatable bonds is 6. The zero-order chi connectivity index (χ0) is 19.0. The van der Waals surface area contributed by atoms with Gasteiger partial charge in [0.25, 0.3) is 5.91 Å². The van der Waals surface area contributed by atoms with Crippen molar-refractivity contribution in [3.63, 3.8) is 0 Å². The van der Waals surface area contributed by atoms with Crippen molar-refractivity contribution < 1.29 is 19.1 Å². The second-order valence-corrected chi connectivity index (χ2v) is 8.84.